The zero-order chi connectivity index (χ0) is 14.5. The fourth-order valence-electron chi connectivity index (χ4n) is 1.77. The minimum absolute atomic E-state index is 0.448. The molecule has 0 saturated heterocycles. The van der Waals surface area contributed by atoms with Crippen LogP contribution in [0.5, 0.6) is 5.75 Å². The highest BCUT2D eigenvalue weighted by Gasteiger charge is 2.13. The van der Waals surface area contributed by atoms with Gasteiger partial charge in [0.25, 0.3) is 5.89 Å². The molecular formula is C14H18BrN3O2. The van der Waals surface area contributed by atoms with Gasteiger partial charge in [-0.3, -0.25) is 0 Å². The lowest BCUT2D eigenvalue weighted by Crippen LogP contribution is -2.25. The summed E-state index contributed by atoms with van der Waals surface area (Å²) in [5.41, 5.74) is 0.797. The van der Waals surface area contributed by atoms with E-state index in [9.17, 15) is 0 Å². The van der Waals surface area contributed by atoms with E-state index >= 15 is 0 Å². The van der Waals surface area contributed by atoms with Gasteiger partial charge in [-0.1, -0.05) is 29.8 Å². The monoisotopic (exact) mass is 339 g/mol. The molecule has 0 atom stereocenters. The number of ether oxygens (including phenoxy) is 1. The number of benzene rings is 1. The molecule has 20 heavy (non-hydrogen) atoms. The zero-order valence-electron chi connectivity index (χ0n) is 11.8. The van der Waals surface area contributed by atoms with Crippen molar-refractivity contribution in [2.24, 2.45) is 0 Å². The van der Waals surface area contributed by atoms with Crippen LogP contribution in [0.3, 0.4) is 0 Å². The highest BCUT2D eigenvalue weighted by molar-refractivity contribution is 9.10. The third-order valence-electron chi connectivity index (χ3n) is 2.75. The maximum absolute atomic E-state index is 5.68. The number of hydrogen-bond donors (Lipinski definition) is 1. The number of nitrogens with zero attached hydrogens (tertiary/aromatic N) is 2. The number of aromatic nitrogens is 2. The molecule has 2 aromatic rings. The van der Waals surface area contributed by atoms with Crippen LogP contribution >= 0.6 is 15.9 Å². The van der Waals surface area contributed by atoms with Crippen LogP contribution in [0.15, 0.2) is 27.1 Å². The SMILES string of the molecule is COc1cc(Br)ccc1-c1nnc(CCNC(C)C)o1. The van der Waals surface area contributed by atoms with Crippen molar-refractivity contribution < 1.29 is 9.15 Å². The summed E-state index contributed by atoms with van der Waals surface area (Å²) in [4.78, 5) is 0. The van der Waals surface area contributed by atoms with Gasteiger partial charge in [0.1, 0.15) is 5.75 Å². The zero-order valence-corrected chi connectivity index (χ0v) is 13.4. The highest BCUT2D eigenvalue weighted by atomic mass is 79.9. The molecule has 1 aromatic heterocycles. The molecule has 0 bridgehead atoms. The predicted molar refractivity (Wildman–Crippen MR) is 80.8 cm³/mol. The molecular weight excluding hydrogens is 322 g/mol. The molecule has 0 saturated carbocycles. The third-order valence-corrected chi connectivity index (χ3v) is 3.25. The third kappa shape index (κ3) is 3.80. The summed E-state index contributed by atoms with van der Waals surface area (Å²) in [6.45, 7) is 5.02. The van der Waals surface area contributed by atoms with Crippen LogP contribution in [-0.4, -0.2) is 29.9 Å². The first-order valence-corrected chi connectivity index (χ1v) is 7.29. The van der Waals surface area contributed by atoms with Crippen molar-refractivity contribution in [3.05, 3.63) is 28.6 Å². The van der Waals surface area contributed by atoms with Gasteiger partial charge in [-0.15, -0.1) is 10.2 Å². The van der Waals surface area contributed by atoms with Gasteiger partial charge in [0, 0.05) is 23.5 Å². The van der Waals surface area contributed by atoms with Gasteiger partial charge in [-0.2, -0.15) is 0 Å². The average molecular weight is 340 g/mol. The summed E-state index contributed by atoms with van der Waals surface area (Å²) in [7, 11) is 1.62. The topological polar surface area (TPSA) is 60.2 Å². The largest absolute Gasteiger partial charge is 0.496 e. The first kappa shape index (κ1) is 15.0. The number of methoxy groups -OCH3 is 1. The molecule has 0 radical (unpaired) electrons. The molecule has 0 spiro atoms. The van der Waals surface area contributed by atoms with Crippen molar-refractivity contribution in [1.82, 2.24) is 15.5 Å². The van der Waals surface area contributed by atoms with Crippen molar-refractivity contribution >= 4 is 15.9 Å². The lowest BCUT2D eigenvalue weighted by atomic mass is 10.2. The van der Waals surface area contributed by atoms with Gasteiger partial charge < -0.3 is 14.5 Å². The summed E-state index contributed by atoms with van der Waals surface area (Å²) in [5, 5.41) is 11.5. The van der Waals surface area contributed by atoms with Gasteiger partial charge in [0.05, 0.1) is 12.7 Å². The minimum atomic E-state index is 0.448. The highest BCUT2D eigenvalue weighted by Crippen LogP contribution is 2.31. The molecule has 1 aromatic carbocycles. The molecule has 0 fully saturated rings. The number of hydrogen-bond acceptors (Lipinski definition) is 5. The van der Waals surface area contributed by atoms with Gasteiger partial charge in [-0.05, 0) is 18.2 Å². The van der Waals surface area contributed by atoms with E-state index in [2.05, 4.69) is 45.3 Å². The maximum Gasteiger partial charge on any atom is 0.251 e. The van der Waals surface area contributed by atoms with E-state index in [1.54, 1.807) is 7.11 Å². The molecule has 2 rings (SSSR count). The van der Waals surface area contributed by atoms with Crippen LogP contribution in [0.4, 0.5) is 0 Å². The van der Waals surface area contributed by atoms with E-state index in [4.69, 9.17) is 9.15 Å². The number of rotatable bonds is 6. The molecule has 108 valence electrons. The lowest BCUT2D eigenvalue weighted by molar-refractivity contribution is 0.413. The Morgan fingerprint density at radius 1 is 1.35 bits per heavy atom. The Morgan fingerprint density at radius 2 is 2.15 bits per heavy atom. The molecule has 5 nitrogen and oxygen atoms in total. The minimum Gasteiger partial charge on any atom is -0.496 e. The van der Waals surface area contributed by atoms with Crippen molar-refractivity contribution in [1.29, 1.82) is 0 Å². The Bertz CT molecular complexity index is 569. The average Bonchev–Trinajstić information content (AvgIpc) is 2.86. The van der Waals surface area contributed by atoms with E-state index in [-0.39, 0.29) is 0 Å². The van der Waals surface area contributed by atoms with Gasteiger partial charge in [0.15, 0.2) is 0 Å². The quantitative estimate of drug-likeness (QED) is 0.876. The molecule has 0 aliphatic heterocycles. The summed E-state index contributed by atoms with van der Waals surface area (Å²) in [6, 6.07) is 6.14. The summed E-state index contributed by atoms with van der Waals surface area (Å²) in [6.07, 6.45) is 0.712. The van der Waals surface area contributed by atoms with E-state index < -0.39 is 0 Å². The second-order valence-corrected chi connectivity index (χ2v) is 5.62. The Labute approximate surface area is 126 Å². The van der Waals surface area contributed by atoms with Crippen LogP contribution < -0.4 is 10.1 Å². The first-order chi connectivity index (χ1) is 9.60. The fraction of sp³-hybridized carbons (Fsp3) is 0.429. The Morgan fingerprint density at radius 3 is 2.85 bits per heavy atom. The summed E-state index contributed by atoms with van der Waals surface area (Å²) >= 11 is 3.41. The summed E-state index contributed by atoms with van der Waals surface area (Å²) < 4.78 is 12.0. The molecule has 0 aliphatic carbocycles. The molecule has 6 heteroatoms. The Hall–Kier alpha value is -1.40. The van der Waals surface area contributed by atoms with Crippen molar-refractivity contribution in [3.8, 4) is 17.2 Å². The van der Waals surface area contributed by atoms with Crippen molar-refractivity contribution in [3.63, 3.8) is 0 Å². The fourth-order valence-corrected chi connectivity index (χ4v) is 2.11. The van der Waals surface area contributed by atoms with E-state index in [0.717, 1.165) is 16.6 Å². The van der Waals surface area contributed by atoms with Crippen LogP contribution in [0.25, 0.3) is 11.5 Å². The Balaban J connectivity index is 2.12. The molecule has 0 amide bonds. The van der Waals surface area contributed by atoms with Gasteiger partial charge >= 0.3 is 0 Å². The maximum atomic E-state index is 5.68. The molecule has 1 heterocycles. The Kier molecular flexibility index (Phi) is 5.14. The predicted octanol–water partition coefficient (Wildman–Crippen LogP) is 3.05. The van der Waals surface area contributed by atoms with Crippen LogP contribution in [0.1, 0.15) is 19.7 Å². The standard InChI is InChI=1S/C14H18BrN3O2/c1-9(2)16-7-6-13-17-18-14(20-13)11-5-4-10(15)8-12(11)19-3/h4-5,8-9,16H,6-7H2,1-3H3. The molecule has 1 N–H and O–H groups in total. The number of nitrogens with one attached hydrogen (secondary N) is 1. The van der Waals surface area contributed by atoms with Gasteiger partial charge in [-0.25, -0.2) is 0 Å². The first-order valence-electron chi connectivity index (χ1n) is 6.50. The molecule has 0 aliphatic rings. The van der Waals surface area contributed by atoms with Crippen LogP contribution in [0.2, 0.25) is 0 Å². The second-order valence-electron chi connectivity index (χ2n) is 4.70. The van der Waals surface area contributed by atoms with Crippen LogP contribution in [0, 0.1) is 0 Å². The van der Waals surface area contributed by atoms with E-state index in [1.807, 2.05) is 18.2 Å². The number of halogens is 1. The second kappa shape index (κ2) is 6.85. The normalized spacial score (nSPS) is 11.1. The van der Waals surface area contributed by atoms with Crippen molar-refractivity contribution in [2.45, 2.75) is 26.3 Å². The lowest BCUT2D eigenvalue weighted by Gasteiger charge is -2.05. The van der Waals surface area contributed by atoms with Crippen molar-refractivity contribution in [2.75, 3.05) is 13.7 Å². The van der Waals surface area contributed by atoms with E-state index in [1.165, 1.54) is 0 Å². The van der Waals surface area contributed by atoms with Crippen LogP contribution in [-0.2, 0) is 6.42 Å². The van der Waals surface area contributed by atoms with Gasteiger partial charge in [0.2, 0.25) is 5.89 Å². The summed E-state index contributed by atoms with van der Waals surface area (Å²) in [5.74, 6) is 1.81. The smallest absolute Gasteiger partial charge is 0.251 e. The van der Waals surface area contributed by atoms with E-state index in [0.29, 0.717) is 30.0 Å². The molecule has 0 unspecified atom stereocenters.